The van der Waals surface area contributed by atoms with Gasteiger partial charge in [-0.1, -0.05) is 70.4 Å². The van der Waals surface area contributed by atoms with Crippen molar-refractivity contribution in [2.45, 2.75) is 87.5 Å². The summed E-state index contributed by atoms with van der Waals surface area (Å²) in [6.07, 6.45) is 3.55. The predicted octanol–water partition coefficient (Wildman–Crippen LogP) is 7.65. The van der Waals surface area contributed by atoms with E-state index < -0.39 is 0 Å². The standard InChI is InChI=1S/C17H27N.C4H8.C3H8/c1-11(2)16-8-12(3)9-17(15(16)6)13(4)10-14(5)18-7;1-4(2)3;1-3-2/h8-11,13,18H,1-7H3;1H2,2-3H3;3H2,1-2H3/b14-10+;;. The van der Waals surface area contributed by atoms with Gasteiger partial charge < -0.3 is 5.32 Å². The van der Waals surface area contributed by atoms with Gasteiger partial charge >= 0.3 is 0 Å². The van der Waals surface area contributed by atoms with Crippen LogP contribution in [-0.4, -0.2) is 7.05 Å². The van der Waals surface area contributed by atoms with Gasteiger partial charge in [0.05, 0.1) is 0 Å². The van der Waals surface area contributed by atoms with Crippen LogP contribution in [0.3, 0.4) is 0 Å². The summed E-state index contributed by atoms with van der Waals surface area (Å²) in [5, 5.41) is 3.20. The Hall–Kier alpha value is -1.50. The topological polar surface area (TPSA) is 12.0 Å². The van der Waals surface area contributed by atoms with Crippen LogP contribution >= 0.6 is 0 Å². The summed E-state index contributed by atoms with van der Waals surface area (Å²) in [5.41, 5.74) is 8.14. The predicted molar refractivity (Wildman–Crippen MR) is 118 cm³/mol. The second-order valence-corrected chi connectivity index (χ2v) is 7.53. The number of hydrogen-bond acceptors (Lipinski definition) is 1. The van der Waals surface area contributed by atoms with E-state index in [-0.39, 0.29) is 0 Å². The Bertz CT molecular complexity index is 531. The van der Waals surface area contributed by atoms with Gasteiger partial charge in [0.15, 0.2) is 0 Å². The average Bonchev–Trinajstić information content (AvgIpc) is 2.48. The highest BCUT2D eigenvalue weighted by molar-refractivity contribution is 5.42. The Kier molecular flexibility index (Phi) is 14.2. The fourth-order valence-electron chi connectivity index (χ4n) is 2.54. The summed E-state index contributed by atoms with van der Waals surface area (Å²) >= 11 is 0. The molecule has 0 aliphatic carbocycles. The van der Waals surface area contributed by atoms with Crippen molar-refractivity contribution in [3.8, 4) is 0 Å². The lowest BCUT2D eigenvalue weighted by Crippen LogP contribution is -2.06. The SMILES string of the molecule is C=C(C)C.CCC.CN/C(C)=C/C(C)c1cc(C)cc(C(C)C)c1C. The largest absolute Gasteiger partial charge is 0.392 e. The minimum absolute atomic E-state index is 0.454. The molecule has 0 aliphatic heterocycles. The number of aryl methyl sites for hydroxylation is 1. The smallest absolute Gasteiger partial charge is 0.00380 e. The molecule has 1 aromatic rings. The van der Waals surface area contributed by atoms with Crippen molar-refractivity contribution in [3.63, 3.8) is 0 Å². The van der Waals surface area contributed by atoms with E-state index in [9.17, 15) is 0 Å². The Morgan fingerprint density at radius 3 is 1.80 bits per heavy atom. The van der Waals surface area contributed by atoms with Gasteiger partial charge in [-0.05, 0) is 57.2 Å². The van der Waals surface area contributed by atoms with Crippen molar-refractivity contribution in [1.82, 2.24) is 5.32 Å². The number of rotatable bonds is 4. The maximum absolute atomic E-state index is 3.56. The quantitative estimate of drug-likeness (QED) is 0.552. The molecule has 1 rings (SSSR count). The zero-order valence-corrected chi connectivity index (χ0v) is 18.8. The maximum atomic E-state index is 3.56. The van der Waals surface area contributed by atoms with Crippen LogP contribution in [0.15, 0.2) is 36.1 Å². The molecule has 0 radical (unpaired) electrons. The number of allylic oxidation sites excluding steroid dienone is 3. The molecular weight excluding hydrogens is 302 g/mol. The number of benzene rings is 1. The molecule has 0 bridgehead atoms. The molecule has 1 nitrogen and oxygen atoms in total. The van der Waals surface area contributed by atoms with Crippen LogP contribution in [0.5, 0.6) is 0 Å². The molecule has 1 atom stereocenters. The van der Waals surface area contributed by atoms with Crippen LogP contribution < -0.4 is 5.32 Å². The number of hydrogen-bond donors (Lipinski definition) is 1. The Balaban J connectivity index is 0. The molecule has 0 heterocycles. The molecule has 0 aliphatic rings. The average molecular weight is 346 g/mol. The molecule has 0 fully saturated rings. The Morgan fingerprint density at radius 2 is 1.44 bits per heavy atom. The first-order valence-corrected chi connectivity index (χ1v) is 9.60. The first kappa shape index (κ1) is 25.7. The van der Waals surface area contributed by atoms with Crippen molar-refractivity contribution in [2.24, 2.45) is 0 Å². The minimum Gasteiger partial charge on any atom is -0.392 e. The van der Waals surface area contributed by atoms with Crippen LogP contribution in [-0.2, 0) is 0 Å². The highest BCUT2D eigenvalue weighted by Gasteiger charge is 2.12. The van der Waals surface area contributed by atoms with Gasteiger partial charge in [-0.2, -0.15) is 0 Å². The molecule has 0 aromatic heterocycles. The summed E-state index contributed by atoms with van der Waals surface area (Å²) in [5.74, 6) is 1.04. The van der Waals surface area contributed by atoms with Crippen LogP contribution in [0.2, 0.25) is 0 Å². The van der Waals surface area contributed by atoms with Crippen LogP contribution in [0.1, 0.15) is 95.9 Å². The van der Waals surface area contributed by atoms with E-state index in [2.05, 4.69) is 85.5 Å². The third-order valence-electron chi connectivity index (χ3n) is 3.64. The van der Waals surface area contributed by atoms with E-state index in [4.69, 9.17) is 0 Å². The zero-order valence-electron chi connectivity index (χ0n) is 18.8. The van der Waals surface area contributed by atoms with Crippen molar-refractivity contribution in [3.05, 3.63) is 58.3 Å². The van der Waals surface area contributed by atoms with Crippen LogP contribution in [0.25, 0.3) is 0 Å². The fourth-order valence-corrected chi connectivity index (χ4v) is 2.54. The molecular formula is C24H43N. The van der Waals surface area contributed by atoms with Gasteiger partial charge in [0.2, 0.25) is 0 Å². The first-order valence-electron chi connectivity index (χ1n) is 9.60. The Labute approximate surface area is 158 Å². The van der Waals surface area contributed by atoms with Crippen molar-refractivity contribution >= 4 is 0 Å². The van der Waals surface area contributed by atoms with Crippen molar-refractivity contribution < 1.29 is 0 Å². The first-order chi connectivity index (χ1) is 11.5. The third-order valence-corrected chi connectivity index (χ3v) is 3.64. The molecule has 0 saturated heterocycles. The molecule has 0 amide bonds. The minimum atomic E-state index is 0.454. The molecule has 1 unspecified atom stereocenters. The highest BCUT2D eigenvalue weighted by atomic mass is 14.8. The van der Waals surface area contributed by atoms with Gasteiger partial charge in [0.1, 0.15) is 0 Å². The summed E-state index contributed by atoms with van der Waals surface area (Å²) in [6, 6.07) is 4.65. The van der Waals surface area contributed by atoms with E-state index in [1.165, 1.54) is 39.9 Å². The second-order valence-electron chi connectivity index (χ2n) is 7.53. The lowest BCUT2D eigenvalue weighted by atomic mass is 9.87. The van der Waals surface area contributed by atoms with Crippen LogP contribution in [0, 0.1) is 13.8 Å². The molecule has 25 heavy (non-hydrogen) atoms. The summed E-state index contributed by atoms with van der Waals surface area (Å²) < 4.78 is 0. The number of nitrogens with one attached hydrogen (secondary N) is 1. The normalized spacial score (nSPS) is 11.8. The van der Waals surface area contributed by atoms with Crippen LogP contribution in [0.4, 0.5) is 0 Å². The fraction of sp³-hybridized carbons (Fsp3) is 0.583. The lowest BCUT2D eigenvalue weighted by molar-refractivity contribution is 0.833. The lowest BCUT2D eigenvalue weighted by Gasteiger charge is -2.19. The third kappa shape index (κ3) is 11.6. The zero-order chi connectivity index (χ0) is 20.2. The molecule has 0 spiro atoms. The maximum Gasteiger partial charge on any atom is 0.00380 e. The Morgan fingerprint density at radius 1 is 1.04 bits per heavy atom. The van der Waals surface area contributed by atoms with Gasteiger partial charge in [-0.15, -0.1) is 6.58 Å². The summed E-state index contributed by atoms with van der Waals surface area (Å²) in [7, 11) is 1.97. The summed E-state index contributed by atoms with van der Waals surface area (Å²) in [4.78, 5) is 0. The molecule has 1 heteroatoms. The van der Waals surface area contributed by atoms with Gasteiger partial charge in [0, 0.05) is 18.7 Å². The van der Waals surface area contributed by atoms with E-state index in [0.717, 1.165) is 0 Å². The van der Waals surface area contributed by atoms with Gasteiger partial charge in [-0.3, -0.25) is 0 Å². The van der Waals surface area contributed by atoms with Gasteiger partial charge in [-0.25, -0.2) is 0 Å². The second kappa shape index (κ2) is 13.8. The van der Waals surface area contributed by atoms with Crippen molar-refractivity contribution in [1.29, 1.82) is 0 Å². The van der Waals surface area contributed by atoms with E-state index >= 15 is 0 Å². The highest BCUT2D eigenvalue weighted by Crippen LogP contribution is 2.29. The van der Waals surface area contributed by atoms with E-state index in [0.29, 0.717) is 11.8 Å². The van der Waals surface area contributed by atoms with Gasteiger partial charge in [0.25, 0.3) is 0 Å². The van der Waals surface area contributed by atoms with Crippen molar-refractivity contribution in [2.75, 3.05) is 7.05 Å². The molecule has 144 valence electrons. The molecule has 1 aromatic carbocycles. The van der Waals surface area contributed by atoms with E-state index in [1.54, 1.807) is 0 Å². The monoisotopic (exact) mass is 345 g/mol. The molecule has 1 N–H and O–H groups in total. The molecule has 0 saturated carbocycles. The van der Waals surface area contributed by atoms with E-state index in [1.807, 2.05) is 20.9 Å². The summed E-state index contributed by atoms with van der Waals surface area (Å²) in [6.45, 7) is 25.1.